The maximum absolute atomic E-state index is 13.7. The molecule has 0 amide bonds. The van der Waals surface area contributed by atoms with E-state index in [4.69, 9.17) is 5.73 Å². The number of hydrogen-bond donors (Lipinski definition) is 2. The fourth-order valence-corrected chi connectivity index (χ4v) is 3.79. The Morgan fingerprint density at radius 2 is 1.95 bits per heavy atom. The molecule has 2 rings (SSSR count). The van der Waals surface area contributed by atoms with Gasteiger partial charge in [-0.2, -0.15) is 0 Å². The molecule has 1 aromatic rings. The van der Waals surface area contributed by atoms with Gasteiger partial charge in [-0.05, 0) is 37.0 Å². The number of sulfonamides is 1. The molecule has 21 heavy (non-hydrogen) atoms. The second-order valence-electron chi connectivity index (χ2n) is 5.22. The van der Waals surface area contributed by atoms with Crippen LogP contribution in [0.25, 0.3) is 0 Å². The molecule has 1 saturated carbocycles. The van der Waals surface area contributed by atoms with E-state index < -0.39 is 30.6 Å². The van der Waals surface area contributed by atoms with E-state index in [9.17, 15) is 21.2 Å². The molecule has 0 bridgehead atoms. The van der Waals surface area contributed by atoms with Crippen molar-refractivity contribution in [3.05, 3.63) is 24.0 Å². The number of hydrogen-bond acceptors (Lipinski definition) is 5. The van der Waals surface area contributed by atoms with Crippen molar-refractivity contribution in [2.24, 2.45) is 11.7 Å². The Kier molecular flexibility index (Phi) is 4.39. The summed E-state index contributed by atoms with van der Waals surface area (Å²) in [5, 5.41) is 0. The number of halogens is 1. The molecule has 9 heteroatoms. The van der Waals surface area contributed by atoms with Crippen molar-refractivity contribution in [2.75, 3.05) is 12.8 Å². The van der Waals surface area contributed by atoms with E-state index in [1.54, 1.807) is 0 Å². The molecular weight excluding hydrogens is 319 g/mol. The molecule has 1 fully saturated rings. The molecule has 1 atom stereocenters. The van der Waals surface area contributed by atoms with E-state index in [0.29, 0.717) is 5.92 Å². The molecule has 0 radical (unpaired) electrons. The lowest BCUT2D eigenvalue weighted by Crippen LogP contribution is -2.38. The summed E-state index contributed by atoms with van der Waals surface area (Å²) in [7, 11) is -7.76. The zero-order valence-corrected chi connectivity index (χ0v) is 13.0. The van der Waals surface area contributed by atoms with Crippen molar-refractivity contribution in [3.63, 3.8) is 0 Å². The monoisotopic (exact) mass is 336 g/mol. The minimum Gasteiger partial charge on any atom is -0.326 e. The Morgan fingerprint density at radius 1 is 1.33 bits per heavy atom. The Bertz CT molecular complexity index is 743. The molecule has 0 spiro atoms. The van der Waals surface area contributed by atoms with Gasteiger partial charge in [0.1, 0.15) is 10.7 Å². The zero-order chi connectivity index (χ0) is 15.8. The third-order valence-corrected chi connectivity index (χ3v) is 5.91. The van der Waals surface area contributed by atoms with Gasteiger partial charge in [0.05, 0.1) is 4.90 Å². The highest BCUT2D eigenvalue weighted by molar-refractivity contribution is 7.91. The fourth-order valence-electron chi connectivity index (χ4n) is 1.89. The summed E-state index contributed by atoms with van der Waals surface area (Å²) >= 11 is 0. The summed E-state index contributed by atoms with van der Waals surface area (Å²) < 4.78 is 62.9. The Labute approximate surface area is 123 Å². The first kappa shape index (κ1) is 16.3. The lowest BCUT2D eigenvalue weighted by atomic mass is 10.2. The number of nitrogens with two attached hydrogens (primary N) is 1. The largest absolute Gasteiger partial charge is 0.326 e. The van der Waals surface area contributed by atoms with Crippen LogP contribution in [0.5, 0.6) is 0 Å². The third kappa shape index (κ3) is 4.00. The molecule has 6 nitrogen and oxygen atoms in total. The second-order valence-corrected chi connectivity index (χ2v) is 8.97. The molecule has 1 aliphatic carbocycles. The maximum Gasteiger partial charge on any atom is 0.243 e. The minimum absolute atomic E-state index is 0.00442. The van der Waals surface area contributed by atoms with Crippen LogP contribution in [-0.4, -0.2) is 35.7 Å². The van der Waals surface area contributed by atoms with Gasteiger partial charge in [-0.15, -0.1) is 0 Å². The Hall–Kier alpha value is -1.03. The van der Waals surface area contributed by atoms with Gasteiger partial charge in [0, 0.05) is 18.8 Å². The van der Waals surface area contributed by atoms with Crippen molar-refractivity contribution in [1.82, 2.24) is 4.72 Å². The maximum atomic E-state index is 13.7. The van der Waals surface area contributed by atoms with Gasteiger partial charge in [-0.25, -0.2) is 25.9 Å². The predicted molar refractivity (Wildman–Crippen MR) is 75.4 cm³/mol. The summed E-state index contributed by atoms with van der Waals surface area (Å²) in [5.41, 5.74) is 5.78. The predicted octanol–water partition coefficient (Wildman–Crippen LogP) is 0.245. The smallest absolute Gasteiger partial charge is 0.243 e. The fraction of sp³-hybridized carbons (Fsp3) is 0.500. The Balaban J connectivity index is 2.26. The van der Waals surface area contributed by atoms with Crippen LogP contribution < -0.4 is 10.5 Å². The highest BCUT2D eigenvalue weighted by Gasteiger charge is 2.30. The van der Waals surface area contributed by atoms with Crippen molar-refractivity contribution >= 4 is 19.9 Å². The molecule has 118 valence electrons. The number of rotatable bonds is 6. The van der Waals surface area contributed by atoms with Crippen LogP contribution in [0.3, 0.4) is 0 Å². The SMILES string of the molecule is CS(=O)(=O)c1ccc(F)c(S(=O)(=O)NCC(N)C2CC2)c1. The molecule has 0 saturated heterocycles. The summed E-state index contributed by atoms with van der Waals surface area (Å²) in [6.45, 7) is -0.00442. The van der Waals surface area contributed by atoms with Crippen LogP contribution in [0, 0.1) is 11.7 Å². The van der Waals surface area contributed by atoms with Crippen LogP contribution in [0.15, 0.2) is 28.0 Å². The van der Waals surface area contributed by atoms with Crippen LogP contribution in [0.1, 0.15) is 12.8 Å². The van der Waals surface area contributed by atoms with E-state index in [1.807, 2.05) is 0 Å². The zero-order valence-electron chi connectivity index (χ0n) is 11.4. The van der Waals surface area contributed by atoms with Gasteiger partial charge in [0.25, 0.3) is 0 Å². The molecule has 3 N–H and O–H groups in total. The highest BCUT2D eigenvalue weighted by atomic mass is 32.2. The van der Waals surface area contributed by atoms with Gasteiger partial charge in [-0.1, -0.05) is 0 Å². The average Bonchev–Trinajstić information content (AvgIpc) is 3.19. The van der Waals surface area contributed by atoms with Crippen LogP contribution in [0.2, 0.25) is 0 Å². The van der Waals surface area contributed by atoms with E-state index in [2.05, 4.69) is 4.72 Å². The van der Waals surface area contributed by atoms with Crippen molar-refractivity contribution in [3.8, 4) is 0 Å². The standard InChI is InChI=1S/C12H17FN2O4S2/c1-20(16,17)9-4-5-10(13)12(6-9)21(18,19)15-7-11(14)8-2-3-8/h4-6,8,11,15H,2-3,7,14H2,1H3. The van der Waals surface area contributed by atoms with Gasteiger partial charge in [-0.3, -0.25) is 0 Å². The third-order valence-electron chi connectivity index (χ3n) is 3.36. The van der Waals surface area contributed by atoms with Crippen LogP contribution in [-0.2, 0) is 19.9 Å². The van der Waals surface area contributed by atoms with Gasteiger partial charge in [0.15, 0.2) is 9.84 Å². The molecule has 0 heterocycles. The van der Waals surface area contributed by atoms with E-state index in [0.717, 1.165) is 37.3 Å². The molecule has 1 aliphatic rings. The van der Waals surface area contributed by atoms with E-state index >= 15 is 0 Å². The number of benzene rings is 1. The normalized spacial score (nSPS) is 17.7. The summed E-state index contributed by atoms with van der Waals surface area (Å²) in [6, 6.07) is 2.35. The van der Waals surface area contributed by atoms with Gasteiger partial charge < -0.3 is 5.73 Å². The summed E-state index contributed by atoms with van der Waals surface area (Å²) in [4.78, 5) is -0.941. The van der Waals surface area contributed by atoms with Crippen molar-refractivity contribution in [2.45, 2.75) is 28.7 Å². The number of nitrogens with one attached hydrogen (secondary N) is 1. The topological polar surface area (TPSA) is 106 Å². The average molecular weight is 336 g/mol. The molecule has 0 aliphatic heterocycles. The van der Waals surface area contributed by atoms with E-state index in [1.165, 1.54) is 0 Å². The summed E-state index contributed by atoms with van der Waals surface area (Å²) in [6.07, 6.45) is 2.84. The first-order valence-electron chi connectivity index (χ1n) is 6.36. The lowest BCUT2D eigenvalue weighted by Gasteiger charge is -2.13. The second kappa shape index (κ2) is 5.64. The highest BCUT2D eigenvalue weighted by Crippen LogP contribution is 2.31. The molecule has 1 aromatic carbocycles. The number of sulfone groups is 1. The minimum atomic E-state index is -4.14. The van der Waals surface area contributed by atoms with Crippen molar-refractivity contribution in [1.29, 1.82) is 0 Å². The van der Waals surface area contributed by atoms with Crippen molar-refractivity contribution < 1.29 is 21.2 Å². The molecular formula is C12H17FN2O4S2. The van der Waals surface area contributed by atoms with Gasteiger partial charge in [0.2, 0.25) is 10.0 Å². The van der Waals surface area contributed by atoms with E-state index in [-0.39, 0.29) is 17.5 Å². The van der Waals surface area contributed by atoms with Gasteiger partial charge >= 0.3 is 0 Å². The van der Waals surface area contributed by atoms with Crippen LogP contribution in [0.4, 0.5) is 4.39 Å². The quantitative estimate of drug-likeness (QED) is 0.724. The molecule has 1 unspecified atom stereocenters. The Morgan fingerprint density at radius 3 is 2.48 bits per heavy atom. The lowest BCUT2D eigenvalue weighted by molar-refractivity contribution is 0.535. The molecule has 0 aromatic heterocycles. The van der Waals surface area contributed by atoms with Crippen LogP contribution >= 0.6 is 0 Å². The summed E-state index contributed by atoms with van der Waals surface area (Å²) in [5.74, 6) is -0.713. The first-order valence-corrected chi connectivity index (χ1v) is 9.73. The first-order chi connectivity index (χ1) is 9.61.